The van der Waals surface area contributed by atoms with Gasteiger partial charge in [0, 0.05) is 13.1 Å². The van der Waals surface area contributed by atoms with Crippen LogP contribution in [-0.2, 0) is 9.53 Å². The third kappa shape index (κ3) is 4.73. The molecule has 0 aliphatic carbocycles. The van der Waals surface area contributed by atoms with Gasteiger partial charge < -0.3 is 14.7 Å². The zero-order valence-corrected chi connectivity index (χ0v) is 12.3. The van der Waals surface area contributed by atoms with Crippen LogP contribution in [0.4, 0.5) is 4.79 Å². The number of amides is 1. The lowest BCUT2D eigenvalue weighted by atomic mass is 9.82. The summed E-state index contributed by atoms with van der Waals surface area (Å²) < 4.78 is 5.29. The average Bonchev–Trinajstić information content (AvgIpc) is 2.27. The summed E-state index contributed by atoms with van der Waals surface area (Å²) in [6.07, 6.45) is 2.21. The normalized spacial score (nSPS) is 24.1. The van der Waals surface area contributed by atoms with Crippen molar-refractivity contribution < 1.29 is 19.4 Å². The lowest BCUT2D eigenvalue weighted by molar-refractivity contribution is -0.145. The summed E-state index contributed by atoms with van der Waals surface area (Å²) in [7, 11) is 0. The molecule has 5 nitrogen and oxygen atoms in total. The number of likely N-dealkylation sites (tertiary alicyclic amines) is 1. The van der Waals surface area contributed by atoms with Crippen LogP contribution in [0.5, 0.6) is 0 Å². The summed E-state index contributed by atoms with van der Waals surface area (Å²) in [4.78, 5) is 24.8. The highest BCUT2D eigenvalue weighted by Crippen LogP contribution is 2.28. The Labute approximate surface area is 114 Å². The van der Waals surface area contributed by atoms with Crippen molar-refractivity contribution in [3.63, 3.8) is 0 Å². The molecule has 1 aliphatic rings. The van der Waals surface area contributed by atoms with Crippen LogP contribution >= 0.6 is 0 Å². The lowest BCUT2D eigenvalue weighted by Gasteiger charge is -2.37. The summed E-state index contributed by atoms with van der Waals surface area (Å²) in [5.74, 6) is -1.12. The van der Waals surface area contributed by atoms with Gasteiger partial charge in [0.05, 0.1) is 5.92 Å². The zero-order valence-electron chi connectivity index (χ0n) is 12.3. The van der Waals surface area contributed by atoms with Crippen molar-refractivity contribution in [3.05, 3.63) is 0 Å². The number of carbonyl (C=O) groups is 2. The third-order valence-corrected chi connectivity index (χ3v) is 3.38. The van der Waals surface area contributed by atoms with Crippen molar-refractivity contribution in [1.29, 1.82) is 0 Å². The SMILES string of the molecule is CCCC1CCN(C(=O)OC(C)(C)C)CC1C(=O)O. The fourth-order valence-electron chi connectivity index (χ4n) is 2.49. The number of rotatable bonds is 3. The molecule has 1 N–H and O–H groups in total. The number of aliphatic carboxylic acids is 1. The van der Waals surface area contributed by atoms with Crippen molar-refractivity contribution in [3.8, 4) is 0 Å². The van der Waals surface area contributed by atoms with Gasteiger partial charge in [-0.25, -0.2) is 4.79 Å². The molecule has 0 aromatic heterocycles. The molecule has 0 saturated carbocycles. The maximum Gasteiger partial charge on any atom is 0.410 e. The Hall–Kier alpha value is -1.26. The van der Waals surface area contributed by atoms with Gasteiger partial charge in [-0.2, -0.15) is 0 Å². The summed E-state index contributed by atoms with van der Waals surface area (Å²) in [5.41, 5.74) is -0.546. The van der Waals surface area contributed by atoms with E-state index in [-0.39, 0.29) is 12.5 Å². The van der Waals surface area contributed by atoms with Crippen LogP contribution in [0, 0.1) is 11.8 Å². The second-order valence-electron chi connectivity index (χ2n) is 6.21. The number of carbonyl (C=O) groups excluding carboxylic acids is 1. The van der Waals surface area contributed by atoms with Gasteiger partial charge in [0.25, 0.3) is 0 Å². The number of hydrogen-bond acceptors (Lipinski definition) is 3. The van der Waals surface area contributed by atoms with Crippen molar-refractivity contribution in [2.24, 2.45) is 11.8 Å². The number of nitrogens with zero attached hydrogens (tertiary/aromatic N) is 1. The van der Waals surface area contributed by atoms with Crippen molar-refractivity contribution in [2.75, 3.05) is 13.1 Å². The molecule has 1 aliphatic heterocycles. The summed E-state index contributed by atoms with van der Waals surface area (Å²) in [6.45, 7) is 8.33. The predicted molar refractivity (Wildman–Crippen MR) is 71.9 cm³/mol. The molecule has 1 rings (SSSR count). The van der Waals surface area contributed by atoms with Gasteiger partial charge in [0.15, 0.2) is 0 Å². The minimum atomic E-state index is -0.813. The highest BCUT2D eigenvalue weighted by molar-refractivity contribution is 5.73. The van der Waals surface area contributed by atoms with Gasteiger partial charge in [-0.3, -0.25) is 4.79 Å². The van der Waals surface area contributed by atoms with Crippen LogP contribution in [0.3, 0.4) is 0 Å². The topological polar surface area (TPSA) is 66.8 Å². The Bertz CT molecular complexity index is 335. The largest absolute Gasteiger partial charge is 0.481 e. The van der Waals surface area contributed by atoms with Gasteiger partial charge in [-0.15, -0.1) is 0 Å². The van der Waals surface area contributed by atoms with E-state index in [1.165, 1.54) is 4.90 Å². The molecule has 1 saturated heterocycles. The first kappa shape index (κ1) is 15.8. The molecule has 2 atom stereocenters. The summed E-state index contributed by atoms with van der Waals surface area (Å²) >= 11 is 0. The smallest absolute Gasteiger partial charge is 0.410 e. The van der Waals surface area contributed by atoms with Crippen LogP contribution < -0.4 is 0 Å². The first-order chi connectivity index (χ1) is 8.74. The van der Waals surface area contributed by atoms with Crippen LogP contribution in [0.2, 0.25) is 0 Å². The van der Waals surface area contributed by atoms with E-state index >= 15 is 0 Å². The molecule has 1 fully saturated rings. The summed E-state index contributed by atoms with van der Waals surface area (Å²) in [5, 5.41) is 9.29. The minimum Gasteiger partial charge on any atom is -0.481 e. The van der Waals surface area contributed by atoms with Gasteiger partial charge in [-0.05, 0) is 39.5 Å². The first-order valence-electron chi connectivity index (χ1n) is 6.95. The van der Waals surface area contributed by atoms with E-state index in [0.29, 0.717) is 6.54 Å². The van der Waals surface area contributed by atoms with Crippen LogP contribution in [0.25, 0.3) is 0 Å². The Balaban J connectivity index is 2.66. The monoisotopic (exact) mass is 271 g/mol. The fraction of sp³-hybridized carbons (Fsp3) is 0.857. The molecule has 0 aromatic rings. The lowest BCUT2D eigenvalue weighted by Crippen LogP contribution is -2.48. The molecular weight excluding hydrogens is 246 g/mol. The predicted octanol–water partition coefficient (Wildman–Crippen LogP) is 2.74. The fourth-order valence-corrected chi connectivity index (χ4v) is 2.49. The molecule has 0 spiro atoms. The molecular formula is C14H25NO4. The van der Waals surface area contributed by atoms with E-state index in [0.717, 1.165) is 19.3 Å². The zero-order chi connectivity index (χ0) is 14.6. The van der Waals surface area contributed by atoms with Crippen LogP contribution in [-0.4, -0.2) is 40.8 Å². The molecule has 19 heavy (non-hydrogen) atoms. The van der Waals surface area contributed by atoms with Gasteiger partial charge in [0.2, 0.25) is 0 Å². The first-order valence-corrected chi connectivity index (χ1v) is 6.95. The van der Waals surface area contributed by atoms with E-state index in [4.69, 9.17) is 4.74 Å². The maximum absolute atomic E-state index is 12.0. The number of carboxylic acid groups (broad SMARTS) is 1. The Morgan fingerprint density at radius 1 is 1.37 bits per heavy atom. The van der Waals surface area contributed by atoms with Gasteiger partial charge >= 0.3 is 12.1 Å². The van der Waals surface area contributed by atoms with Crippen LogP contribution in [0.1, 0.15) is 47.0 Å². The Morgan fingerprint density at radius 3 is 2.47 bits per heavy atom. The van der Waals surface area contributed by atoms with E-state index in [9.17, 15) is 14.7 Å². The molecule has 0 bridgehead atoms. The van der Waals surface area contributed by atoms with E-state index in [2.05, 4.69) is 6.92 Å². The number of ether oxygens (including phenoxy) is 1. The van der Waals surface area contributed by atoms with Crippen molar-refractivity contribution >= 4 is 12.1 Å². The number of hydrogen-bond donors (Lipinski definition) is 1. The molecule has 0 aromatic carbocycles. The standard InChI is InChI=1S/C14H25NO4/c1-5-6-10-7-8-15(9-11(10)12(16)17)13(18)19-14(2,3)4/h10-11H,5-9H2,1-4H3,(H,16,17). The average molecular weight is 271 g/mol. The third-order valence-electron chi connectivity index (χ3n) is 3.38. The number of piperidine rings is 1. The highest BCUT2D eigenvalue weighted by atomic mass is 16.6. The molecule has 1 amide bonds. The molecule has 2 unspecified atom stereocenters. The highest BCUT2D eigenvalue weighted by Gasteiger charge is 2.36. The molecule has 1 heterocycles. The minimum absolute atomic E-state index is 0.168. The van der Waals surface area contributed by atoms with E-state index < -0.39 is 23.6 Å². The van der Waals surface area contributed by atoms with Gasteiger partial charge in [0.1, 0.15) is 5.60 Å². The Kier molecular flexibility index (Phi) is 5.20. The number of carboxylic acids is 1. The molecule has 0 radical (unpaired) electrons. The second-order valence-corrected chi connectivity index (χ2v) is 6.21. The van der Waals surface area contributed by atoms with Gasteiger partial charge in [-0.1, -0.05) is 13.3 Å². The molecule has 110 valence electrons. The summed E-state index contributed by atoms with van der Waals surface area (Å²) in [6, 6.07) is 0. The quantitative estimate of drug-likeness (QED) is 0.857. The molecule has 5 heteroatoms. The van der Waals surface area contributed by atoms with Crippen molar-refractivity contribution in [2.45, 2.75) is 52.6 Å². The van der Waals surface area contributed by atoms with E-state index in [1.807, 2.05) is 20.8 Å². The van der Waals surface area contributed by atoms with E-state index in [1.54, 1.807) is 0 Å². The van der Waals surface area contributed by atoms with Crippen LogP contribution in [0.15, 0.2) is 0 Å². The second kappa shape index (κ2) is 6.26. The van der Waals surface area contributed by atoms with Crippen molar-refractivity contribution in [1.82, 2.24) is 4.90 Å². The Morgan fingerprint density at radius 2 is 2.00 bits per heavy atom. The maximum atomic E-state index is 12.0.